The number of hydrogen-bond acceptors (Lipinski definition) is 5. The summed E-state index contributed by atoms with van der Waals surface area (Å²) >= 11 is 0. The van der Waals surface area contributed by atoms with E-state index in [2.05, 4.69) is 5.32 Å². The molecular weight excluding hydrogens is 330 g/mol. The summed E-state index contributed by atoms with van der Waals surface area (Å²) in [7, 11) is 3.22. The topological polar surface area (TPSA) is 60.7 Å². The van der Waals surface area contributed by atoms with Crippen LogP contribution in [-0.4, -0.2) is 26.5 Å². The molecule has 0 saturated carbocycles. The van der Waals surface area contributed by atoms with Crippen LogP contribution in [0.5, 0.6) is 11.5 Å². The minimum absolute atomic E-state index is 0.175. The molecule has 26 heavy (non-hydrogen) atoms. The highest BCUT2D eigenvalue weighted by Gasteiger charge is 2.20. The van der Waals surface area contributed by atoms with E-state index >= 15 is 0 Å². The van der Waals surface area contributed by atoms with Gasteiger partial charge in [0.2, 0.25) is 5.78 Å². The Morgan fingerprint density at radius 1 is 1.12 bits per heavy atom. The molecule has 1 aliphatic heterocycles. The maximum absolute atomic E-state index is 12.7. The van der Waals surface area contributed by atoms with E-state index in [1.165, 1.54) is 0 Å². The number of furan rings is 1. The van der Waals surface area contributed by atoms with Gasteiger partial charge in [-0.25, -0.2) is 0 Å². The predicted molar refractivity (Wildman–Crippen MR) is 99.8 cm³/mol. The molecule has 0 fully saturated rings. The maximum atomic E-state index is 12.7. The Kier molecular flexibility index (Phi) is 4.13. The average Bonchev–Trinajstić information content (AvgIpc) is 3.11. The van der Waals surface area contributed by atoms with E-state index in [0.717, 1.165) is 35.2 Å². The van der Waals surface area contributed by atoms with Gasteiger partial charge in [0.25, 0.3) is 0 Å². The SMILES string of the molecule is COc1cc2c(cc1OC)C(=CC(=O)c1cc3ccccc3o1)NCC2. The van der Waals surface area contributed by atoms with E-state index < -0.39 is 0 Å². The molecule has 0 saturated heterocycles. The average molecular weight is 349 g/mol. The van der Waals surface area contributed by atoms with E-state index in [9.17, 15) is 4.79 Å². The van der Waals surface area contributed by atoms with E-state index in [1.807, 2.05) is 36.4 Å². The fraction of sp³-hybridized carbons (Fsp3) is 0.190. The van der Waals surface area contributed by atoms with Crippen molar-refractivity contribution in [3.63, 3.8) is 0 Å². The number of ketones is 1. The van der Waals surface area contributed by atoms with Crippen LogP contribution in [0.3, 0.4) is 0 Å². The lowest BCUT2D eigenvalue weighted by Gasteiger charge is -2.22. The van der Waals surface area contributed by atoms with Crippen LogP contribution in [-0.2, 0) is 6.42 Å². The standard InChI is InChI=1S/C21H19NO4/c1-24-20-9-13-7-8-22-16(15(13)11-21(20)25-2)12-17(23)19-10-14-5-3-4-6-18(14)26-19/h3-6,9-12,22H,7-8H2,1-2H3. The number of para-hydroxylation sites is 1. The largest absolute Gasteiger partial charge is 0.493 e. The Morgan fingerprint density at radius 3 is 2.65 bits per heavy atom. The number of nitrogens with one attached hydrogen (secondary N) is 1. The summed E-state index contributed by atoms with van der Waals surface area (Å²) in [5, 5.41) is 4.22. The summed E-state index contributed by atoms with van der Waals surface area (Å²) in [6.45, 7) is 0.752. The lowest BCUT2D eigenvalue weighted by Crippen LogP contribution is -2.23. The molecule has 0 atom stereocenters. The van der Waals surface area contributed by atoms with Crippen LogP contribution >= 0.6 is 0 Å². The van der Waals surface area contributed by atoms with Gasteiger partial charge >= 0.3 is 0 Å². The third kappa shape index (κ3) is 2.81. The monoisotopic (exact) mass is 349 g/mol. The zero-order valence-corrected chi connectivity index (χ0v) is 14.7. The van der Waals surface area contributed by atoms with Crippen LogP contribution in [0.2, 0.25) is 0 Å². The van der Waals surface area contributed by atoms with Gasteiger partial charge in [-0.3, -0.25) is 4.79 Å². The van der Waals surface area contributed by atoms with Gasteiger partial charge in [-0.15, -0.1) is 0 Å². The first-order valence-corrected chi connectivity index (χ1v) is 8.43. The molecule has 0 aliphatic carbocycles. The van der Waals surface area contributed by atoms with Crippen LogP contribution in [0, 0.1) is 0 Å². The van der Waals surface area contributed by atoms with E-state index in [4.69, 9.17) is 13.9 Å². The van der Waals surface area contributed by atoms with Gasteiger partial charge in [0, 0.05) is 29.3 Å². The number of hydrogen-bond donors (Lipinski definition) is 1. The van der Waals surface area contributed by atoms with Crippen molar-refractivity contribution >= 4 is 22.4 Å². The summed E-state index contributed by atoms with van der Waals surface area (Å²) in [6.07, 6.45) is 2.44. The van der Waals surface area contributed by atoms with Crippen LogP contribution < -0.4 is 14.8 Å². The number of allylic oxidation sites excluding steroid dienone is 1. The van der Waals surface area contributed by atoms with E-state index in [-0.39, 0.29) is 5.78 Å². The molecule has 1 aromatic heterocycles. The Hall–Kier alpha value is -3.21. The number of fused-ring (bicyclic) bond motifs is 2. The number of ether oxygens (including phenoxy) is 2. The van der Waals surface area contributed by atoms with Crippen molar-refractivity contribution in [2.45, 2.75) is 6.42 Å². The quantitative estimate of drug-likeness (QED) is 0.573. The van der Waals surface area contributed by atoms with Gasteiger partial charge in [-0.05, 0) is 36.2 Å². The summed E-state index contributed by atoms with van der Waals surface area (Å²) in [6, 6.07) is 13.2. The first-order chi connectivity index (χ1) is 12.7. The summed E-state index contributed by atoms with van der Waals surface area (Å²) in [5.41, 5.74) is 3.53. The molecule has 0 bridgehead atoms. The fourth-order valence-corrected chi connectivity index (χ4v) is 3.24. The Labute approximate surface area is 151 Å². The molecule has 0 spiro atoms. The van der Waals surface area contributed by atoms with Crippen molar-refractivity contribution in [3.8, 4) is 11.5 Å². The predicted octanol–water partition coefficient (Wildman–Crippen LogP) is 3.82. The molecule has 0 radical (unpaired) electrons. The van der Waals surface area contributed by atoms with Crippen molar-refractivity contribution in [2.75, 3.05) is 20.8 Å². The van der Waals surface area contributed by atoms with Crippen molar-refractivity contribution in [1.82, 2.24) is 5.32 Å². The summed E-state index contributed by atoms with van der Waals surface area (Å²) in [4.78, 5) is 12.7. The number of benzene rings is 2. The van der Waals surface area contributed by atoms with Gasteiger partial charge < -0.3 is 19.2 Å². The molecule has 2 heterocycles. The van der Waals surface area contributed by atoms with Crippen LogP contribution in [0.1, 0.15) is 21.7 Å². The molecule has 5 heteroatoms. The van der Waals surface area contributed by atoms with Crippen molar-refractivity contribution in [1.29, 1.82) is 0 Å². The number of carbonyl (C=O) groups excluding carboxylic acids is 1. The molecule has 1 N–H and O–H groups in total. The normalized spacial score (nSPS) is 14.8. The van der Waals surface area contributed by atoms with Crippen molar-refractivity contribution in [3.05, 3.63) is 65.4 Å². The lowest BCUT2D eigenvalue weighted by molar-refractivity contribution is 0.102. The zero-order chi connectivity index (χ0) is 18.1. The Bertz CT molecular complexity index is 983. The molecule has 0 amide bonds. The van der Waals surface area contributed by atoms with Crippen molar-refractivity contribution < 1.29 is 18.7 Å². The highest BCUT2D eigenvalue weighted by Crippen LogP contribution is 2.35. The highest BCUT2D eigenvalue weighted by atomic mass is 16.5. The molecule has 132 valence electrons. The molecular formula is C21H19NO4. The van der Waals surface area contributed by atoms with Gasteiger partial charge in [0.05, 0.1) is 14.2 Å². The molecule has 4 rings (SSSR count). The van der Waals surface area contributed by atoms with Gasteiger partial charge in [0.15, 0.2) is 17.3 Å². The summed E-state index contributed by atoms with van der Waals surface area (Å²) in [5.74, 6) is 1.48. The minimum Gasteiger partial charge on any atom is -0.493 e. The van der Waals surface area contributed by atoms with Crippen LogP contribution in [0.25, 0.3) is 16.7 Å². The smallest absolute Gasteiger partial charge is 0.223 e. The fourth-order valence-electron chi connectivity index (χ4n) is 3.24. The summed E-state index contributed by atoms with van der Waals surface area (Å²) < 4.78 is 16.4. The molecule has 0 unspecified atom stereocenters. The molecule has 3 aromatic rings. The van der Waals surface area contributed by atoms with Crippen LogP contribution in [0.15, 0.2) is 53.0 Å². The molecule has 2 aromatic carbocycles. The first-order valence-electron chi connectivity index (χ1n) is 8.43. The zero-order valence-electron chi connectivity index (χ0n) is 14.7. The number of methoxy groups -OCH3 is 2. The highest BCUT2D eigenvalue weighted by molar-refractivity contribution is 6.08. The van der Waals surface area contributed by atoms with E-state index in [1.54, 1.807) is 26.4 Å². The second-order valence-corrected chi connectivity index (χ2v) is 6.11. The van der Waals surface area contributed by atoms with Gasteiger partial charge in [-0.2, -0.15) is 0 Å². The lowest BCUT2D eigenvalue weighted by atomic mass is 9.96. The van der Waals surface area contributed by atoms with Gasteiger partial charge in [0.1, 0.15) is 5.58 Å². The minimum atomic E-state index is -0.175. The van der Waals surface area contributed by atoms with Crippen LogP contribution in [0.4, 0.5) is 0 Å². The number of carbonyl (C=O) groups is 1. The second-order valence-electron chi connectivity index (χ2n) is 6.11. The first kappa shape index (κ1) is 16.3. The second kappa shape index (κ2) is 6.59. The molecule has 5 nitrogen and oxygen atoms in total. The Balaban J connectivity index is 1.73. The third-order valence-electron chi connectivity index (χ3n) is 4.55. The van der Waals surface area contributed by atoms with Crippen molar-refractivity contribution in [2.24, 2.45) is 0 Å². The molecule has 1 aliphatic rings. The van der Waals surface area contributed by atoms with Gasteiger partial charge in [-0.1, -0.05) is 18.2 Å². The third-order valence-corrected chi connectivity index (χ3v) is 4.55. The number of rotatable bonds is 4. The maximum Gasteiger partial charge on any atom is 0.223 e. The van der Waals surface area contributed by atoms with E-state index in [0.29, 0.717) is 22.8 Å². The Morgan fingerprint density at radius 2 is 1.88 bits per heavy atom.